The Morgan fingerprint density at radius 3 is 2.37 bits per heavy atom. The molecule has 0 rings (SSSR count). The maximum Gasteiger partial charge on any atom is 0.326 e. The summed E-state index contributed by atoms with van der Waals surface area (Å²) in [7, 11) is 0. The molecular weight excluding hydrogens is 244 g/mol. The number of nitrogens with two attached hydrogens (primary N) is 1. The molecule has 0 radical (unpaired) electrons. The van der Waals surface area contributed by atoms with Crippen molar-refractivity contribution >= 4 is 11.9 Å². The van der Waals surface area contributed by atoms with Gasteiger partial charge in [-0.25, -0.2) is 4.79 Å². The van der Waals surface area contributed by atoms with E-state index in [9.17, 15) is 9.59 Å². The fourth-order valence-corrected chi connectivity index (χ4v) is 2.11. The highest BCUT2D eigenvalue weighted by atomic mass is 16.4. The minimum atomic E-state index is -0.963. The minimum Gasteiger partial charge on any atom is -0.480 e. The average molecular weight is 272 g/mol. The zero-order valence-electron chi connectivity index (χ0n) is 12.3. The van der Waals surface area contributed by atoms with Crippen molar-refractivity contribution in [1.82, 2.24) is 5.32 Å². The molecular formula is C14H28N2O3. The summed E-state index contributed by atoms with van der Waals surface area (Å²) in [4.78, 5) is 22.9. The van der Waals surface area contributed by atoms with Crippen LogP contribution < -0.4 is 11.1 Å². The van der Waals surface area contributed by atoms with Crippen LogP contribution in [0, 0.1) is 11.8 Å². The first kappa shape index (κ1) is 17.9. The van der Waals surface area contributed by atoms with Gasteiger partial charge >= 0.3 is 5.97 Å². The van der Waals surface area contributed by atoms with Crippen molar-refractivity contribution in [3.63, 3.8) is 0 Å². The van der Waals surface area contributed by atoms with Crippen LogP contribution in [0.1, 0.15) is 52.9 Å². The quantitative estimate of drug-likeness (QED) is 0.565. The van der Waals surface area contributed by atoms with Crippen molar-refractivity contribution < 1.29 is 14.7 Å². The number of nitrogens with one attached hydrogen (secondary N) is 1. The maximum atomic E-state index is 11.8. The van der Waals surface area contributed by atoms with Crippen LogP contribution in [-0.4, -0.2) is 29.6 Å². The molecule has 0 aliphatic carbocycles. The number of carboxylic acid groups (broad SMARTS) is 1. The summed E-state index contributed by atoms with van der Waals surface area (Å²) in [6.07, 6.45) is 3.39. The second-order valence-corrected chi connectivity index (χ2v) is 5.54. The Labute approximate surface area is 115 Å². The molecule has 0 saturated carbocycles. The number of carbonyl (C=O) groups excluding carboxylic acids is 1. The Kier molecular flexibility index (Phi) is 9.21. The van der Waals surface area contributed by atoms with Gasteiger partial charge in [0.15, 0.2) is 0 Å². The van der Waals surface area contributed by atoms with Gasteiger partial charge in [0.25, 0.3) is 0 Å². The number of hydrogen-bond acceptors (Lipinski definition) is 3. The van der Waals surface area contributed by atoms with E-state index >= 15 is 0 Å². The van der Waals surface area contributed by atoms with Gasteiger partial charge in [-0.2, -0.15) is 0 Å². The fraction of sp³-hybridized carbons (Fsp3) is 0.857. The Morgan fingerprint density at radius 1 is 1.32 bits per heavy atom. The molecule has 1 amide bonds. The van der Waals surface area contributed by atoms with Gasteiger partial charge < -0.3 is 16.2 Å². The van der Waals surface area contributed by atoms with Gasteiger partial charge in [-0.05, 0) is 31.2 Å². The molecule has 0 fully saturated rings. The summed E-state index contributed by atoms with van der Waals surface area (Å²) in [5.74, 6) is -0.563. The van der Waals surface area contributed by atoms with Crippen molar-refractivity contribution in [1.29, 1.82) is 0 Å². The van der Waals surface area contributed by atoms with E-state index in [0.29, 0.717) is 25.3 Å². The van der Waals surface area contributed by atoms with Gasteiger partial charge in [-0.1, -0.05) is 33.6 Å². The van der Waals surface area contributed by atoms with Crippen molar-refractivity contribution in [2.45, 2.75) is 58.9 Å². The van der Waals surface area contributed by atoms with Crippen LogP contribution in [0.15, 0.2) is 0 Å². The molecule has 0 aliphatic heterocycles. The number of hydrogen-bond donors (Lipinski definition) is 3. The van der Waals surface area contributed by atoms with Crippen LogP contribution in [-0.2, 0) is 9.59 Å². The largest absolute Gasteiger partial charge is 0.480 e. The normalized spacial score (nSPS) is 14.2. The molecule has 5 nitrogen and oxygen atoms in total. The lowest BCUT2D eigenvalue weighted by atomic mass is 9.94. The van der Waals surface area contributed by atoms with Crippen LogP contribution in [0.3, 0.4) is 0 Å². The van der Waals surface area contributed by atoms with Gasteiger partial charge in [-0.15, -0.1) is 0 Å². The maximum absolute atomic E-state index is 11.8. The zero-order valence-corrected chi connectivity index (χ0v) is 12.3. The Balaban J connectivity index is 4.27. The molecule has 0 heterocycles. The predicted octanol–water partition coefficient (Wildman–Crippen LogP) is 1.76. The lowest BCUT2D eigenvalue weighted by molar-refractivity contribution is -0.142. The second-order valence-electron chi connectivity index (χ2n) is 5.54. The van der Waals surface area contributed by atoms with E-state index in [-0.39, 0.29) is 11.8 Å². The smallest absolute Gasteiger partial charge is 0.326 e. The third-order valence-electron chi connectivity index (χ3n) is 3.09. The van der Waals surface area contributed by atoms with E-state index in [1.54, 1.807) is 0 Å². The third-order valence-corrected chi connectivity index (χ3v) is 3.09. The van der Waals surface area contributed by atoms with Gasteiger partial charge in [0.05, 0.1) is 0 Å². The lowest BCUT2D eigenvalue weighted by Gasteiger charge is -2.19. The molecule has 5 heteroatoms. The molecule has 0 aromatic rings. The van der Waals surface area contributed by atoms with E-state index in [1.165, 1.54) is 0 Å². The van der Waals surface area contributed by atoms with E-state index in [4.69, 9.17) is 10.8 Å². The number of carboxylic acids is 1. The fourth-order valence-electron chi connectivity index (χ4n) is 2.11. The zero-order chi connectivity index (χ0) is 14.8. The summed E-state index contributed by atoms with van der Waals surface area (Å²) in [6.45, 7) is 6.62. The van der Waals surface area contributed by atoms with Crippen molar-refractivity contribution in [3.05, 3.63) is 0 Å². The molecule has 0 bridgehead atoms. The molecule has 2 unspecified atom stereocenters. The summed E-state index contributed by atoms with van der Waals surface area (Å²) in [6, 6.07) is -0.773. The average Bonchev–Trinajstić information content (AvgIpc) is 2.32. The van der Waals surface area contributed by atoms with E-state index < -0.39 is 12.0 Å². The Morgan fingerprint density at radius 2 is 1.95 bits per heavy atom. The van der Waals surface area contributed by atoms with Gasteiger partial charge in [0.1, 0.15) is 6.04 Å². The number of amides is 1. The SMILES string of the molecule is CCCCC(NC(=O)CC(CN)CC(C)C)C(=O)O. The predicted molar refractivity (Wildman–Crippen MR) is 75.7 cm³/mol. The Bertz CT molecular complexity index is 280. The molecule has 112 valence electrons. The first-order valence-electron chi connectivity index (χ1n) is 7.12. The minimum absolute atomic E-state index is 0.126. The molecule has 0 aromatic carbocycles. The molecule has 0 aromatic heterocycles. The first-order chi connectivity index (χ1) is 8.90. The van der Waals surface area contributed by atoms with E-state index in [2.05, 4.69) is 19.2 Å². The number of rotatable bonds is 10. The topological polar surface area (TPSA) is 92.4 Å². The monoisotopic (exact) mass is 272 g/mol. The highest BCUT2D eigenvalue weighted by molar-refractivity contribution is 5.83. The van der Waals surface area contributed by atoms with Crippen molar-refractivity contribution in [3.8, 4) is 0 Å². The van der Waals surface area contributed by atoms with Crippen LogP contribution in [0.25, 0.3) is 0 Å². The molecule has 0 spiro atoms. The molecule has 0 aliphatic rings. The van der Waals surface area contributed by atoms with Crippen LogP contribution in [0.5, 0.6) is 0 Å². The summed E-state index contributed by atoms with van der Waals surface area (Å²) >= 11 is 0. The van der Waals surface area contributed by atoms with Crippen LogP contribution in [0.4, 0.5) is 0 Å². The number of unbranched alkanes of at least 4 members (excludes halogenated alkanes) is 1. The highest BCUT2D eigenvalue weighted by Crippen LogP contribution is 2.14. The molecule has 2 atom stereocenters. The first-order valence-corrected chi connectivity index (χ1v) is 7.12. The second kappa shape index (κ2) is 9.78. The summed E-state index contributed by atoms with van der Waals surface area (Å²) in [5, 5.41) is 11.6. The molecule has 19 heavy (non-hydrogen) atoms. The Hall–Kier alpha value is -1.10. The van der Waals surface area contributed by atoms with Gasteiger partial charge in [-0.3, -0.25) is 4.79 Å². The van der Waals surface area contributed by atoms with E-state index in [0.717, 1.165) is 19.3 Å². The van der Waals surface area contributed by atoms with Crippen molar-refractivity contribution in [2.75, 3.05) is 6.54 Å². The standard InChI is InChI=1S/C14H28N2O3/c1-4-5-6-12(14(18)19)16-13(17)8-11(9-15)7-10(2)3/h10-12H,4-9,15H2,1-3H3,(H,16,17)(H,18,19). The summed E-state index contributed by atoms with van der Waals surface area (Å²) in [5.41, 5.74) is 5.64. The van der Waals surface area contributed by atoms with Gasteiger partial charge in [0, 0.05) is 6.42 Å². The van der Waals surface area contributed by atoms with E-state index in [1.807, 2.05) is 6.92 Å². The van der Waals surface area contributed by atoms with Crippen molar-refractivity contribution in [2.24, 2.45) is 17.6 Å². The highest BCUT2D eigenvalue weighted by Gasteiger charge is 2.21. The molecule has 4 N–H and O–H groups in total. The number of aliphatic carboxylic acids is 1. The van der Waals surface area contributed by atoms with Crippen LogP contribution in [0.2, 0.25) is 0 Å². The number of carbonyl (C=O) groups is 2. The lowest BCUT2D eigenvalue weighted by Crippen LogP contribution is -2.41. The van der Waals surface area contributed by atoms with Gasteiger partial charge in [0.2, 0.25) is 5.91 Å². The van der Waals surface area contributed by atoms with Crippen LogP contribution >= 0.6 is 0 Å². The third kappa shape index (κ3) is 8.59. The molecule has 0 saturated heterocycles. The summed E-state index contributed by atoms with van der Waals surface area (Å²) < 4.78 is 0.